The molecular formula is C15H24N2O4. The van der Waals surface area contributed by atoms with Crippen molar-refractivity contribution in [2.45, 2.75) is 26.8 Å². The Kier molecular flexibility index (Phi) is 6.94. The van der Waals surface area contributed by atoms with Gasteiger partial charge in [0.15, 0.2) is 5.76 Å². The van der Waals surface area contributed by atoms with Gasteiger partial charge in [0.25, 0.3) is 5.91 Å². The lowest BCUT2D eigenvalue weighted by Crippen LogP contribution is -2.29. The average Bonchev–Trinajstić information content (AvgIpc) is 2.97. The van der Waals surface area contributed by atoms with E-state index in [1.54, 1.807) is 13.1 Å². The summed E-state index contributed by atoms with van der Waals surface area (Å²) in [7, 11) is 2.97. The highest BCUT2D eigenvalue weighted by molar-refractivity contribution is 5.91. The van der Waals surface area contributed by atoms with E-state index in [-0.39, 0.29) is 18.3 Å². The molecule has 0 radical (unpaired) electrons. The van der Waals surface area contributed by atoms with Gasteiger partial charge in [-0.3, -0.25) is 14.5 Å². The Balaban J connectivity index is 2.58. The van der Waals surface area contributed by atoms with Gasteiger partial charge in [-0.2, -0.15) is 0 Å². The first-order valence-electron chi connectivity index (χ1n) is 7.15. The van der Waals surface area contributed by atoms with Gasteiger partial charge in [0.05, 0.1) is 20.1 Å². The van der Waals surface area contributed by atoms with E-state index in [1.165, 1.54) is 12.0 Å². The van der Waals surface area contributed by atoms with Crippen LogP contribution in [0.5, 0.6) is 0 Å². The lowest BCUT2D eigenvalue weighted by Gasteiger charge is -2.16. The molecule has 0 aliphatic heterocycles. The number of rotatable bonds is 8. The summed E-state index contributed by atoms with van der Waals surface area (Å²) in [5.74, 6) is 0.494. The first-order chi connectivity index (χ1) is 10.0. The Hall–Kier alpha value is -1.82. The molecule has 118 valence electrons. The van der Waals surface area contributed by atoms with Crippen LogP contribution < -0.4 is 0 Å². The molecule has 0 aliphatic rings. The minimum atomic E-state index is -0.337. The molecule has 0 unspecified atom stereocenters. The van der Waals surface area contributed by atoms with Crippen LogP contribution in [-0.4, -0.2) is 55.5 Å². The zero-order chi connectivity index (χ0) is 15.8. The van der Waals surface area contributed by atoms with Crippen molar-refractivity contribution in [1.29, 1.82) is 0 Å². The Morgan fingerprint density at radius 3 is 2.48 bits per heavy atom. The number of esters is 1. The summed E-state index contributed by atoms with van der Waals surface area (Å²) in [5, 5.41) is 0. The lowest BCUT2D eigenvalue weighted by atomic mass is 10.3. The first kappa shape index (κ1) is 17.2. The van der Waals surface area contributed by atoms with Crippen molar-refractivity contribution in [3.63, 3.8) is 0 Å². The van der Waals surface area contributed by atoms with Crippen molar-refractivity contribution < 1.29 is 18.7 Å². The second-order valence-electron chi connectivity index (χ2n) is 4.78. The number of amides is 1. The first-order valence-corrected chi connectivity index (χ1v) is 7.15. The molecule has 0 N–H and O–H groups in total. The molecule has 0 saturated carbocycles. The molecule has 1 aromatic heterocycles. The van der Waals surface area contributed by atoms with Crippen molar-refractivity contribution >= 4 is 11.9 Å². The second-order valence-corrected chi connectivity index (χ2v) is 4.78. The van der Waals surface area contributed by atoms with Crippen LogP contribution in [0, 0.1) is 0 Å². The number of methoxy groups -OCH3 is 1. The fraction of sp³-hybridized carbons (Fsp3) is 0.600. The van der Waals surface area contributed by atoms with Crippen molar-refractivity contribution in [1.82, 2.24) is 9.80 Å². The predicted octanol–water partition coefficient (Wildman–Crippen LogP) is 1.76. The van der Waals surface area contributed by atoms with Gasteiger partial charge < -0.3 is 14.1 Å². The maximum Gasteiger partial charge on any atom is 0.307 e. The van der Waals surface area contributed by atoms with Crippen LogP contribution in [0.1, 0.15) is 36.6 Å². The van der Waals surface area contributed by atoms with Gasteiger partial charge in [0.2, 0.25) is 0 Å². The molecule has 6 nitrogen and oxygen atoms in total. The normalized spacial score (nSPS) is 10.7. The molecule has 6 heteroatoms. The minimum Gasteiger partial charge on any atom is -0.469 e. The van der Waals surface area contributed by atoms with E-state index in [0.717, 1.165) is 18.8 Å². The lowest BCUT2D eigenvalue weighted by molar-refractivity contribution is -0.140. The van der Waals surface area contributed by atoms with Gasteiger partial charge in [-0.15, -0.1) is 0 Å². The molecular weight excluding hydrogens is 272 g/mol. The Bertz CT molecular complexity index is 466. The van der Waals surface area contributed by atoms with Gasteiger partial charge in [-0.05, 0) is 25.2 Å². The summed E-state index contributed by atoms with van der Waals surface area (Å²) in [6.45, 7) is 7.01. The fourth-order valence-corrected chi connectivity index (χ4v) is 1.90. The van der Waals surface area contributed by atoms with Gasteiger partial charge in [0.1, 0.15) is 5.76 Å². The van der Waals surface area contributed by atoms with E-state index in [9.17, 15) is 9.59 Å². The molecule has 1 heterocycles. The highest BCUT2D eigenvalue weighted by Gasteiger charge is 2.17. The van der Waals surface area contributed by atoms with Crippen LogP contribution in [0.25, 0.3) is 0 Å². The SMILES string of the molecule is CCN(CC)Cc1ccc(C(=O)N(C)CCC(=O)OC)o1. The summed E-state index contributed by atoms with van der Waals surface area (Å²) in [5.41, 5.74) is 0. The summed E-state index contributed by atoms with van der Waals surface area (Å²) in [6.07, 6.45) is 0.172. The zero-order valence-electron chi connectivity index (χ0n) is 13.2. The Morgan fingerprint density at radius 2 is 1.90 bits per heavy atom. The molecule has 0 atom stereocenters. The third-order valence-electron chi connectivity index (χ3n) is 3.37. The average molecular weight is 296 g/mol. The molecule has 0 bridgehead atoms. The van der Waals surface area contributed by atoms with E-state index < -0.39 is 0 Å². The molecule has 1 amide bonds. The van der Waals surface area contributed by atoms with E-state index in [4.69, 9.17) is 4.42 Å². The maximum absolute atomic E-state index is 12.2. The van der Waals surface area contributed by atoms with E-state index in [1.807, 2.05) is 6.07 Å². The number of carbonyl (C=O) groups excluding carboxylic acids is 2. The third-order valence-corrected chi connectivity index (χ3v) is 3.37. The van der Waals surface area contributed by atoms with E-state index in [0.29, 0.717) is 18.8 Å². The summed E-state index contributed by atoms with van der Waals surface area (Å²) >= 11 is 0. The van der Waals surface area contributed by atoms with Gasteiger partial charge >= 0.3 is 5.97 Å². The molecule has 1 aromatic rings. The summed E-state index contributed by atoms with van der Waals surface area (Å²) in [6, 6.07) is 3.50. The minimum absolute atomic E-state index is 0.172. The topological polar surface area (TPSA) is 63.0 Å². The smallest absolute Gasteiger partial charge is 0.307 e. The second kappa shape index (κ2) is 8.46. The number of carbonyl (C=O) groups is 2. The van der Waals surface area contributed by atoms with Crippen LogP contribution in [0.4, 0.5) is 0 Å². The van der Waals surface area contributed by atoms with Crippen LogP contribution in [0.2, 0.25) is 0 Å². The van der Waals surface area contributed by atoms with E-state index >= 15 is 0 Å². The third kappa shape index (κ3) is 5.23. The highest BCUT2D eigenvalue weighted by atomic mass is 16.5. The largest absolute Gasteiger partial charge is 0.469 e. The number of hydrogen-bond acceptors (Lipinski definition) is 5. The van der Waals surface area contributed by atoms with Gasteiger partial charge in [-0.25, -0.2) is 0 Å². The number of ether oxygens (including phenoxy) is 1. The fourth-order valence-electron chi connectivity index (χ4n) is 1.90. The molecule has 21 heavy (non-hydrogen) atoms. The maximum atomic E-state index is 12.2. The predicted molar refractivity (Wildman–Crippen MR) is 78.9 cm³/mol. The Labute approximate surface area is 125 Å². The van der Waals surface area contributed by atoms with E-state index in [2.05, 4.69) is 23.5 Å². The van der Waals surface area contributed by atoms with Crippen LogP contribution in [0.15, 0.2) is 16.5 Å². The summed E-state index contributed by atoms with van der Waals surface area (Å²) in [4.78, 5) is 26.9. The van der Waals surface area contributed by atoms with Gasteiger partial charge in [0, 0.05) is 13.6 Å². The monoisotopic (exact) mass is 296 g/mol. The quantitative estimate of drug-likeness (QED) is 0.684. The standard InChI is InChI=1S/C15H24N2O4/c1-5-17(6-2)11-12-7-8-13(21-12)15(19)16(3)10-9-14(18)20-4/h7-8H,5-6,9-11H2,1-4H3. The molecule has 0 fully saturated rings. The molecule has 1 rings (SSSR count). The van der Waals surface area contributed by atoms with Crippen molar-refractivity contribution in [3.8, 4) is 0 Å². The van der Waals surface area contributed by atoms with Crippen LogP contribution >= 0.6 is 0 Å². The zero-order valence-corrected chi connectivity index (χ0v) is 13.2. The molecule has 0 aromatic carbocycles. The van der Waals surface area contributed by atoms with Crippen LogP contribution in [0.3, 0.4) is 0 Å². The number of hydrogen-bond donors (Lipinski definition) is 0. The van der Waals surface area contributed by atoms with Crippen molar-refractivity contribution in [2.24, 2.45) is 0 Å². The number of furan rings is 1. The highest BCUT2D eigenvalue weighted by Crippen LogP contribution is 2.12. The van der Waals surface area contributed by atoms with Crippen LogP contribution in [-0.2, 0) is 16.1 Å². The Morgan fingerprint density at radius 1 is 1.24 bits per heavy atom. The van der Waals surface area contributed by atoms with Gasteiger partial charge in [-0.1, -0.05) is 13.8 Å². The molecule has 0 aliphatic carbocycles. The summed E-state index contributed by atoms with van der Waals surface area (Å²) < 4.78 is 10.1. The number of nitrogens with zero attached hydrogens (tertiary/aromatic N) is 2. The molecule has 0 spiro atoms. The van der Waals surface area contributed by atoms with Crippen molar-refractivity contribution in [2.75, 3.05) is 33.8 Å². The molecule has 0 saturated heterocycles. The van der Waals surface area contributed by atoms with Crippen molar-refractivity contribution in [3.05, 3.63) is 23.7 Å².